The Labute approximate surface area is 74.8 Å². The second-order valence-corrected chi connectivity index (χ2v) is 2.98. The summed E-state index contributed by atoms with van der Waals surface area (Å²) in [5, 5.41) is 6.80. The first-order valence-electron chi connectivity index (χ1n) is 4.74. The van der Waals surface area contributed by atoms with E-state index in [4.69, 9.17) is 15.9 Å². The minimum absolute atomic E-state index is 0.163. The monoisotopic (exact) mass is 172 g/mol. The van der Waals surface area contributed by atoms with E-state index >= 15 is 0 Å². The zero-order valence-electron chi connectivity index (χ0n) is 7.94. The van der Waals surface area contributed by atoms with Crippen LogP contribution in [0.15, 0.2) is 0 Å². The molecule has 0 unspecified atom stereocenters. The molecule has 0 aliphatic rings. The van der Waals surface area contributed by atoms with Crippen LogP contribution >= 0.6 is 0 Å². The Hall–Kier alpha value is -0.730. The van der Waals surface area contributed by atoms with E-state index in [1.165, 1.54) is 32.1 Å². The first-order valence-corrected chi connectivity index (χ1v) is 4.74. The molecule has 3 N–H and O–H groups in total. The van der Waals surface area contributed by atoms with Gasteiger partial charge in [-0.05, 0) is 6.42 Å². The Balaban J connectivity index is 2.86. The minimum atomic E-state index is -0.163. The summed E-state index contributed by atoms with van der Waals surface area (Å²) in [5.41, 5.74) is 5.02. The number of nitrogens with two attached hydrogens (primary N) is 1. The molecule has 0 amide bonds. The van der Waals surface area contributed by atoms with Crippen LogP contribution in [0.2, 0.25) is 0 Å². The van der Waals surface area contributed by atoms with E-state index < -0.39 is 0 Å². The topological polar surface area (TPSA) is 59.1 Å². The van der Waals surface area contributed by atoms with E-state index in [9.17, 15) is 0 Å². The predicted octanol–water partition coefficient (Wildman–Crippen LogP) is 2.26. The maximum absolute atomic E-state index is 6.80. The van der Waals surface area contributed by atoms with Crippen LogP contribution in [0.25, 0.3) is 0 Å². The van der Waals surface area contributed by atoms with Gasteiger partial charge in [0.05, 0.1) is 6.61 Å². The normalized spacial score (nSPS) is 9.75. The molecule has 0 aliphatic carbocycles. The lowest BCUT2D eigenvalue weighted by atomic mass is 10.1. The maximum Gasteiger partial charge on any atom is 0.278 e. The van der Waals surface area contributed by atoms with E-state index in [1.54, 1.807) is 0 Å². The minimum Gasteiger partial charge on any atom is -0.466 e. The zero-order chi connectivity index (χ0) is 9.23. The van der Waals surface area contributed by atoms with Crippen LogP contribution in [-0.2, 0) is 4.74 Å². The smallest absolute Gasteiger partial charge is 0.278 e. The van der Waals surface area contributed by atoms with Crippen LogP contribution in [0.4, 0.5) is 0 Å². The second-order valence-electron chi connectivity index (χ2n) is 2.98. The molecular formula is C9H20N2O. The van der Waals surface area contributed by atoms with E-state index in [-0.39, 0.29) is 6.02 Å². The lowest BCUT2D eigenvalue weighted by Gasteiger charge is -2.02. The van der Waals surface area contributed by atoms with E-state index in [1.807, 2.05) is 0 Å². The van der Waals surface area contributed by atoms with Crippen molar-refractivity contribution in [1.29, 1.82) is 5.41 Å². The third-order valence-corrected chi connectivity index (χ3v) is 1.76. The molecule has 0 aromatic carbocycles. The summed E-state index contributed by atoms with van der Waals surface area (Å²) in [7, 11) is 0. The molecule has 0 aliphatic heterocycles. The fourth-order valence-corrected chi connectivity index (χ4v) is 1.06. The Morgan fingerprint density at radius 2 is 1.75 bits per heavy atom. The number of ether oxygens (including phenoxy) is 1. The number of hydrogen-bond donors (Lipinski definition) is 2. The molecular weight excluding hydrogens is 152 g/mol. The predicted molar refractivity (Wildman–Crippen MR) is 51.2 cm³/mol. The van der Waals surface area contributed by atoms with Gasteiger partial charge in [-0.3, -0.25) is 5.41 Å². The molecule has 3 nitrogen and oxygen atoms in total. The largest absolute Gasteiger partial charge is 0.466 e. The number of amidine groups is 1. The highest BCUT2D eigenvalue weighted by Gasteiger charge is 1.91. The lowest BCUT2D eigenvalue weighted by molar-refractivity contribution is 0.285. The lowest BCUT2D eigenvalue weighted by Crippen LogP contribution is -2.14. The van der Waals surface area contributed by atoms with Gasteiger partial charge in [-0.1, -0.05) is 39.0 Å². The van der Waals surface area contributed by atoms with Gasteiger partial charge >= 0.3 is 0 Å². The average molecular weight is 172 g/mol. The molecule has 0 saturated carbocycles. The third-order valence-electron chi connectivity index (χ3n) is 1.76. The molecule has 0 saturated heterocycles. The molecule has 12 heavy (non-hydrogen) atoms. The Kier molecular flexibility index (Phi) is 7.86. The number of unbranched alkanes of at least 4 members (excludes halogenated alkanes) is 5. The molecule has 3 heteroatoms. The molecule has 0 spiro atoms. The van der Waals surface area contributed by atoms with E-state index in [0.717, 1.165) is 6.42 Å². The summed E-state index contributed by atoms with van der Waals surface area (Å²) in [4.78, 5) is 0. The molecule has 0 heterocycles. The summed E-state index contributed by atoms with van der Waals surface area (Å²) in [6, 6.07) is -0.163. The summed E-state index contributed by atoms with van der Waals surface area (Å²) >= 11 is 0. The molecule has 0 radical (unpaired) electrons. The van der Waals surface area contributed by atoms with Crippen LogP contribution in [0, 0.1) is 5.41 Å². The van der Waals surface area contributed by atoms with Crippen molar-refractivity contribution in [3.05, 3.63) is 0 Å². The first kappa shape index (κ1) is 11.3. The highest BCUT2D eigenvalue weighted by Crippen LogP contribution is 2.04. The summed E-state index contributed by atoms with van der Waals surface area (Å²) in [6.45, 7) is 2.81. The molecule has 0 rings (SSSR count). The Morgan fingerprint density at radius 1 is 1.17 bits per heavy atom. The van der Waals surface area contributed by atoms with Crippen LogP contribution in [-0.4, -0.2) is 12.6 Å². The standard InChI is InChI=1S/C9H20N2O/c1-2-3-4-5-6-7-8-12-9(10)11/h2-8H2,1H3,(H3,10,11). The second kappa shape index (κ2) is 8.37. The van der Waals surface area contributed by atoms with Crippen molar-refractivity contribution in [3.63, 3.8) is 0 Å². The van der Waals surface area contributed by atoms with Crippen molar-refractivity contribution in [2.24, 2.45) is 5.73 Å². The molecule has 0 bridgehead atoms. The van der Waals surface area contributed by atoms with Crippen molar-refractivity contribution in [2.45, 2.75) is 45.4 Å². The summed E-state index contributed by atoms with van der Waals surface area (Å²) in [5.74, 6) is 0. The highest BCUT2D eigenvalue weighted by atomic mass is 16.5. The zero-order valence-corrected chi connectivity index (χ0v) is 7.94. The molecule has 0 aromatic rings. The van der Waals surface area contributed by atoms with Gasteiger partial charge in [0.2, 0.25) is 0 Å². The van der Waals surface area contributed by atoms with Crippen LogP contribution < -0.4 is 5.73 Å². The number of nitrogens with one attached hydrogen (secondary N) is 1. The molecule has 72 valence electrons. The van der Waals surface area contributed by atoms with Gasteiger partial charge in [0.1, 0.15) is 0 Å². The van der Waals surface area contributed by atoms with Crippen LogP contribution in [0.3, 0.4) is 0 Å². The Bertz CT molecular complexity index is 115. The Morgan fingerprint density at radius 3 is 2.33 bits per heavy atom. The van der Waals surface area contributed by atoms with Gasteiger partial charge in [-0.25, -0.2) is 0 Å². The summed E-state index contributed by atoms with van der Waals surface area (Å²) in [6.07, 6.45) is 7.40. The molecule has 0 aromatic heterocycles. The van der Waals surface area contributed by atoms with Crippen LogP contribution in [0.5, 0.6) is 0 Å². The van der Waals surface area contributed by atoms with E-state index in [0.29, 0.717) is 6.61 Å². The van der Waals surface area contributed by atoms with Crippen molar-refractivity contribution < 1.29 is 4.74 Å². The number of rotatable bonds is 7. The fourth-order valence-electron chi connectivity index (χ4n) is 1.06. The first-order chi connectivity index (χ1) is 5.77. The van der Waals surface area contributed by atoms with Gasteiger partial charge in [0.15, 0.2) is 0 Å². The quantitative estimate of drug-likeness (QED) is 0.351. The van der Waals surface area contributed by atoms with Crippen LogP contribution in [0.1, 0.15) is 45.4 Å². The summed E-state index contributed by atoms with van der Waals surface area (Å²) < 4.78 is 4.81. The van der Waals surface area contributed by atoms with Gasteiger partial charge < -0.3 is 10.5 Å². The van der Waals surface area contributed by atoms with Crippen molar-refractivity contribution in [2.75, 3.05) is 6.61 Å². The highest BCUT2D eigenvalue weighted by molar-refractivity contribution is 5.67. The van der Waals surface area contributed by atoms with Gasteiger partial charge in [0, 0.05) is 0 Å². The third kappa shape index (κ3) is 9.27. The number of hydrogen-bond acceptors (Lipinski definition) is 2. The van der Waals surface area contributed by atoms with E-state index in [2.05, 4.69) is 6.92 Å². The molecule has 0 fully saturated rings. The van der Waals surface area contributed by atoms with Gasteiger partial charge in [0.25, 0.3) is 6.02 Å². The van der Waals surface area contributed by atoms with Gasteiger partial charge in [-0.2, -0.15) is 0 Å². The average Bonchev–Trinajstić information content (AvgIpc) is 2.02. The molecule has 0 atom stereocenters. The fraction of sp³-hybridized carbons (Fsp3) is 0.889. The SMILES string of the molecule is CCCCCCCCOC(=N)N. The van der Waals surface area contributed by atoms with Gasteiger partial charge in [-0.15, -0.1) is 0 Å². The van der Waals surface area contributed by atoms with Crippen molar-refractivity contribution in [3.8, 4) is 0 Å². The maximum atomic E-state index is 6.80. The van der Waals surface area contributed by atoms with Crippen molar-refractivity contribution in [1.82, 2.24) is 0 Å². The van der Waals surface area contributed by atoms with Crippen molar-refractivity contribution >= 4 is 6.02 Å².